The van der Waals surface area contributed by atoms with Crippen LogP contribution in [0.4, 0.5) is 0 Å². The van der Waals surface area contributed by atoms with Gasteiger partial charge in [-0.1, -0.05) is 13.8 Å². The molecule has 0 unspecified atom stereocenters. The van der Waals surface area contributed by atoms with Crippen LogP contribution in [0.2, 0.25) is 0 Å². The van der Waals surface area contributed by atoms with Gasteiger partial charge in [0.05, 0.1) is 0 Å². The van der Waals surface area contributed by atoms with Crippen molar-refractivity contribution >= 4 is 0 Å². The monoisotopic (exact) mass is 122 g/mol. The number of rotatable bonds is 3. The molecule has 0 amide bonds. The van der Waals surface area contributed by atoms with E-state index < -0.39 is 6.29 Å². The molecular weight excluding hydrogens is 112 g/mol. The fourth-order valence-electron chi connectivity index (χ4n) is 0.263. The Hall–Kier alpha value is -0.160. The summed E-state index contributed by atoms with van der Waals surface area (Å²) in [5, 5.41) is 15.8. The molecule has 0 rings (SSSR count). The first kappa shape index (κ1) is 7.84. The molecule has 0 radical (unpaired) electrons. The first-order valence-corrected chi connectivity index (χ1v) is 2.32. The Morgan fingerprint density at radius 2 is 1.50 bits per heavy atom. The van der Waals surface area contributed by atoms with Gasteiger partial charge in [0, 0.05) is 5.92 Å². The third kappa shape index (κ3) is 2.23. The van der Waals surface area contributed by atoms with Crippen molar-refractivity contribution in [2.75, 3.05) is 0 Å². The molecule has 0 fully saturated rings. The molecule has 0 aliphatic rings. The summed E-state index contributed by atoms with van der Waals surface area (Å²) in [4.78, 5) is 7.38. The average Bonchev–Trinajstić information content (AvgIpc) is 1.69. The van der Waals surface area contributed by atoms with Crippen LogP contribution < -0.4 is 0 Å². The third-order valence-corrected chi connectivity index (χ3v) is 0.752. The van der Waals surface area contributed by atoms with E-state index in [1.165, 1.54) is 0 Å². The van der Waals surface area contributed by atoms with Crippen molar-refractivity contribution in [1.82, 2.24) is 0 Å². The van der Waals surface area contributed by atoms with Crippen LogP contribution in [0.25, 0.3) is 0 Å². The van der Waals surface area contributed by atoms with Crippen molar-refractivity contribution in [3.63, 3.8) is 0 Å². The molecule has 0 saturated carbocycles. The Kier molecular flexibility index (Phi) is 3.72. The Morgan fingerprint density at radius 3 is 1.50 bits per heavy atom. The molecule has 0 aromatic rings. The van der Waals surface area contributed by atoms with Gasteiger partial charge in [0.25, 0.3) is 0 Å². The SMILES string of the molecule is CC(C)C(OO)OO. The van der Waals surface area contributed by atoms with Crippen LogP contribution in [0.3, 0.4) is 0 Å². The van der Waals surface area contributed by atoms with Gasteiger partial charge in [-0.25, -0.2) is 20.3 Å². The molecule has 0 aliphatic heterocycles. The van der Waals surface area contributed by atoms with Crippen molar-refractivity contribution in [3.05, 3.63) is 0 Å². The molecule has 0 saturated heterocycles. The molecule has 2 N–H and O–H groups in total. The summed E-state index contributed by atoms with van der Waals surface area (Å²) < 4.78 is 0. The fraction of sp³-hybridized carbons (Fsp3) is 1.00. The summed E-state index contributed by atoms with van der Waals surface area (Å²) in [6.07, 6.45) is -0.935. The summed E-state index contributed by atoms with van der Waals surface area (Å²) in [6.45, 7) is 3.47. The zero-order chi connectivity index (χ0) is 6.57. The van der Waals surface area contributed by atoms with Gasteiger partial charge in [-0.3, -0.25) is 0 Å². The highest BCUT2D eigenvalue weighted by Crippen LogP contribution is 2.03. The average molecular weight is 122 g/mol. The van der Waals surface area contributed by atoms with E-state index in [0.717, 1.165) is 0 Å². The lowest BCUT2D eigenvalue weighted by Crippen LogP contribution is -2.20. The predicted molar refractivity (Wildman–Crippen MR) is 26.1 cm³/mol. The van der Waals surface area contributed by atoms with E-state index in [9.17, 15) is 0 Å². The second-order valence-electron chi connectivity index (χ2n) is 1.82. The van der Waals surface area contributed by atoms with Crippen LogP contribution >= 0.6 is 0 Å². The topological polar surface area (TPSA) is 58.9 Å². The van der Waals surface area contributed by atoms with Crippen molar-refractivity contribution in [1.29, 1.82) is 0 Å². The van der Waals surface area contributed by atoms with Gasteiger partial charge in [-0.2, -0.15) is 0 Å². The van der Waals surface area contributed by atoms with Gasteiger partial charge >= 0.3 is 0 Å². The molecule has 4 nitrogen and oxygen atoms in total. The van der Waals surface area contributed by atoms with Gasteiger partial charge in [0.15, 0.2) is 0 Å². The predicted octanol–water partition coefficient (Wildman–Crippen LogP) is 0.948. The Morgan fingerprint density at radius 1 is 1.12 bits per heavy atom. The maximum Gasteiger partial charge on any atom is 0.226 e. The largest absolute Gasteiger partial charge is 0.249 e. The van der Waals surface area contributed by atoms with E-state index in [-0.39, 0.29) is 5.92 Å². The Bertz CT molecular complexity index is 50.0. The molecule has 8 heavy (non-hydrogen) atoms. The second-order valence-corrected chi connectivity index (χ2v) is 1.82. The van der Waals surface area contributed by atoms with Gasteiger partial charge in [0.1, 0.15) is 0 Å². The highest BCUT2D eigenvalue weighted by atomic mass is 17.2. The van der Waals surface area contributed by atoms with E-state index >= 15 is 0 Å². The minimum Gasteiger partial charge on any atom is -0.249 e. The van der Waals surface area contributed by atoms with Crippen LogP contribution in [0.15, 0.2) is 0 Å². The fourth-order valence-corrected chi connectivity index (χ4v) is 0.263. The lowest BCUT2D eigenvalue weighted by molar-refractivity contribution is -0.441. The normalized spacial score (nSPS) is 11.2. The Labute approximate surface area is 47.5 Å². The molecule has 4 heteroatoms. The maximum atomic E-state index is 7.91. The highest BCUT2D eigenvalue weighted by Gasteiger charge is 2.12. The minimum atomic E-state index is -0.935. The zero-order valence-corrected chi connectivity index (χ0v) is 4.87. The Balaban J connectivity index is 3.35. The van der Waals surface area contributed by atoms with Crippen LogP contribution in [0.1, 0.15) is 13.8 Å². The zero-order valence-electron chi connectivity index (χ0n) is 4.87. The molecule has 0 aromatic carbocycles. The second kappa shape index (κ2) is 3.80. The minimum absolute atomic E-state index is 0.0648. The van der Waals surface area contributed by atoms with E-state index in [0.29, 0.717) is 0 Å². The van der Waals surface area contributed by atoms with E-state index in [4.69, 9.17) is 10.5 Å². The third-order valence-electron chi connectivity index (χ3n) is 0.752. The number of hydrogen-bond acceptors (Lipinski definition) is 4. The summed E-state index contributed by atoms with van der Waals surface area (Å²) in [6, 6.07) is 0. The summed E-state index contributed by atoms with van der Waals surface area (Å²) >= 11 is 0. The summed E-state index contributed by atoms with van der Waals surface area (Å²) in [7, 11) is 0. The van der Waals surface area contributed by atoms with Gasteiger partial charge in [-0.15, -0.1) is 0 Å². The van der Waals surface area contributed by atoms with Gasteiger partial charge in [-0.05, 0) is 0 Å². The molecule has 0 aromatic heterocycles. The number of hydrogen-bond donors (Lipinski definition) is 2. The van der Waals surface area contributed by atoms with Crippen molar-refractivity contribution < 1.29 is 20.3 Å². The van der Waals surface area contributed by atoms with Gasteiger partial charge < -0.3 is 0 Å². The molecule has 0 atom stereocenters. The van der Waals surface area contributed by atoms with Gasteiger partial charge in [0.2, 0.25) is 6.29 Å². The first-order valence-electron chi connectivity index (χ1n) is 2.32. The van der Waals surface area contributed by atoms with Crippen molar-refractivity contribution in [3.8, 4) is 0 Å². The smallest absolute Gasteiger partial charge is 0.226 e. The lowest BCUT2D eigenvalue weighted by atomic mass is 10.2. The molecule has 50 valence electrons. The van der Waals surface area contributed by atoms with Crippen LogP contribution in [-0.4, -0.2) is 16.8 Å². The van der Waals surface area contributed by atoms with Crippen LogP contribution in [0, 0.1) is 5.92 Å². The van der Waals surface area contributed by atoms with Crippen LogP contribution in [0.5, 0.6) is 0 Å². The van der Waals surface area contributed by atoms with Crippen LogP contribution in [-0.2, 0) is 9.78 Å². The lowest BCUT2D eigenvalue weighted by Gasteiger charge is -2.11. The summed E-state index contributed by atoms with van der Waals surface area (Å²) in [5.74, 6) is -0.0648. The molecule has 0 heterocycles. The molecule has 0 spiro atoms. The molecular formula is C4H10O4. The van der Waals surface area contributed by atoms with Crippen molar-refractivity contribution in [2.45, 2.75) is 20.1 Å². The van der Waals surface area contributed by atoms with Crippen molar-refractivity contribution in [2.24, 2.45) is 5.92 Å². The van der Waals surface area contributed by atoms with E-state index in [2.05, 4.69) is 9.78 Å². The van der Waals surface area contributed by atoms with E-state index in [1.807, 2.05) is 0 Å². The van der Waals surface area contributed by atoms with E-state index in [1.54, 1.807) is 13.8 Å². The highest BCUT2D eigenvalue weighted by molar-refractivity contribution is 4.43. The molecule has 0 aliphatic carbocycles. The summed E-state index contributed by atoms with van der Waals surface area (Å²) in [5.41, 5.74) is 0. The quantitative estimate of drug-likeness (QED) is 0.332. The molecule has 0 bridgehead atoms. The first-order chi connectivity index (χ1) is 3.72. The standard InChI is InChI=1S/C4H10O4/c1-3(2)4(7-5)8-6/h3-6H,1-2H3. The maximum absolute atomic E-state index is 7.91.